The van der Waals surface area contributed by atoms with Gasteiger partial charge in [0.2, 0.25) is 0 Å². The van der Waals surface area contributed by atoms with Crippen LogP contribution in [0.3, 0.4) is 0 Å². The Morgan fingerprint density at radius 3 is 2.38 bits per heavy atom. The monoisotopic (exact) mass is 227 g/mol. The first-order chi connectivity index (χ1) is 7.63. The van der Waals surface area contributed by atoms with Crippen LogP contribution in [0.2, 0.25) is 0 Å². The molecular weight excluding hydrogens is 198 g/mol. The number of rotatable bonds is 7. The number of likely N-dealkylation sites (N-methyl/N-ethyl adjacent to an activating group) is 1. The van der Waals surface area contributed by atoms with Crippen molar-refractivity contribution in [1.29, 1.82) is 0 Å². The van der Waals surface area contributed by atoms with E-state index in [1.54, 1.807) is 0 Å². The van der Waals surface area contributed by atoms with Crippen molar-refractivity contribution in [2.75, 3.05) is 40.3 Å². The molecule has 0 aromatic carbocycles. The Bertz CT molecular complexity index is 182. The number of hydrogen-bond donors (Lipinski definition) is 1. The van der Waals surface area contributed by atoms with Crippen LogP contribution >= 0.6 is 0 Å². The summed E-state index contributed by atoms with van der Waals surface area (Å²) >= 11 is 0. The first kappa shape index (κ1) is 13.9. The molecule has 16 heavy (non-hydrogen) atoms. The standard InChI is InChI=1S/C13H29N3/c1-4-8-16(10-9-15(2)3)11-12-6-5-7-13(12)14/h12-13H,4-11,14H2,1-3H3. The molecule has 2 unspecified atom stereocenters. The third-order valence-electron chi connectivity index (χ3n) is 3.61. The third-order valence-corrected chi connectivity index (χ3v) is 3.61. The Labute approximate surface area is 101 Å². The predicted molar refractivity (Wildman–Crippen MR) is 70.6 cm³/mol. The van der Waals surface area contributed by atoms with Gasteiger partial charge in [0.1, 0.15) is 0 Å². The largest absolute Gasteiger partial charge is 0.327 e. The molecule has 0 saturated heterocycles. The molecule has 0 aliphatic heterocycles. The van der Waals surface area contributed by atoms with Gasteiger partial charge in [0.15, 0.2) is 0 Å². The van der Waals surface area contributed by atoms with Crippen molar-refractivity contribution < 1.29 is 0 Å². The summed E-state index contributed by atoms with van der Waals surface area (Å²) in [4.78, 5) is 4.85. The van der Waals surface area contributed by atoms with Crippen LogP contribution in [0.5, 0.6) is 0 Å². The van der Waals surface area contributed by atoms with Crippen molar-refractivity contribution >= 4 is 0 Å². The molecule has 0 heterocycles. The van der Waals surface area contributed by atoms with Crippen molar-refractivity contribution in [3.05, 3.63) is 0 Å². The molecule has 1 aliphatic carbocycles. The minimum absolute atomic E-state index is 0.457. The summed E-state index contributed by atoms with van der Waals surface area (Å²) < 4.78 is 0. The Kier molecular flexibility index (Phi) is 6.32. The van der Waals surface area contributed by atoms with E-state index in [2.05, 4.69) is 30.8 Å². The van der Waals surface area contributed by atoms with Crippen LogP contribution in [0.25, 0.3) is 0 Å². The lowest BCUT2D eigenvalue weighted by Crippen LogP contribution is -2.39. The summed E-state index contributed by atoms with van der Waals surface area (Å²) in [7, 11) is 4.29. The van der Waals surface area contributed by atoms with Crippen LogP contribution in [0.4, 0.5) is 0 Å². The number of hydrogen-bond acceptors (Lipinski definition) is 3. The van der Waals surface area contributed by atoms with Crippen molar-refractivity contribution in [2.24, 2.45) is 11.7 Å². The van der Waals surface area contributed by atoms with E-state index in [-0.39, 0.29) is 0 Å². The zero-order valence-electron chi connectivity index (χ0n) is 11.3. The van der Waals surface area contributed by atoms with Gasteiger partial charge in [-0.3, -0.25) is 0 Å². The molecule has 96 valence electrons. The van der Waals surface area contributed by atoms with Gasteiger partial charge in [0.05, 0.1) is 0 Å². The molecule has 1 fully saturated rings. The number of nitrogens with two attached hydrogens (primary N) is 1. The highest BCUT2D eigenvalue weighted by atomic mass is 15.2. The summed E-state index contributed by atoms with van der Waals surface area (Å²) in [5.41, 5.74) is 6.14. The molecule has 2 N–H and O–H groups in total. The molecule has 0 radical (unpaired) electrons. The van der Waals surface area contributed by atoms with E-state index in [0.29, 0.717) is 6.04 Å². The van der Waals surface area contributed by atoms with Gasteiger partial charge in [-0.1, -0.05) is 13.3 Å². The Hall–Kier alpha value is -0.120. The maximum atomic E-state index is 6.14. The van der Waals surface area contributed by atoms with Gasteiger partial charge in [-0.05, 0) is 45.8 Å². The lowest BCUT2D eigenvalue weighted by molar-refractivity contribution is 0.203. The SMILES string of the molecule is CCCN(CCN(C)C)CC1CCCC1N. The predicted octanol–water partition coefficient (Wildman–Crippen LogP) is 1.39. The molecule has 0 aromatic rings. The third kappa shape index (κ3) is 4.81. The molecule has 1 saturated carbocycles. The Morgan fingerprint density at radius 1 is 1.12 bits per heavy atom. The highest BCUT2D eigenvalue weighted by Crippen LogP contribution is 2.24. The summed E-state index contributed by atoms with van der Waals surface area (Å²) in [5.74, 6) is 0.744. The van der Waals surface area contributed by atoms with Crippen molar-refractivity contribution in [3.63, 3.8) is 0 Å². The Morgan fingerprint density at radius 2 is 1.88 bits per heavy atom. The van der Waals surface area contributed by atoms with Gasteiger partial charge < -0.3 is 15.5 Å². The summed E-state index contributed by atoms with van der Waals surface area (Å²) in [5, 5.41) is 0. The van der Waals surface area contributed by atoms with Gasteiger partial charge in [-0.15, -0.1) is 0 Å². The maximum Gasteiger partial charge on any atom is 0.0109 e. The average Bonchev–Trinajstić information content (AvgIpc) is 2.61. The normalized spacial score (nSPS) is 25.9. The first-order valence-electron chi connectivity index (χ1n) is 6.76. The molecule has 1 rings (SSSR count). The van der Waals surface area contributed by atoms with Crippen LogP contribution in [0.15, 0.2) is 0 Å². The average molecular weight is 227 g/mol. The van der Waals surface area contributed by atoms with Gasteiger partial charge in [-0.2, -0.15) is 0 Å². The molecule has 3 nitrogen and oxygen atoms in total. The van der Waals surface area contributed by atoms with Crippen LogP contribution in [-0.4, -0.2) is 56.1 Å². The van der Waals surface area contributed by atoms with E-state index in [4.69, 9.17) is 5.73 Å². The van der Waals surface area contributed by atoms with Crippen LogP contribution in [0, 0.1) is 5.92 Å². The molecule has 2 atom stereocenters. The molecule has 0 spiro atoms. The van der Waals surface area contributed by atoms with E-state index >= 15 is 0 Å². The second-order valence-corrected chi connectivity index (χ2v) is 5.46. The lowest BCUT2D eigenvalue weighted by atomic mass is 10.0. The maximum absolute atomic E-state index is 6.14. The zero-order valence-corrected chi connectivity index (χ0v) is 11.3. The van der Waals surface area contributed by atoms with Crippen LogP contribution in [-0.2, 0) is 0 Å². The molecule has 1 aliphatic rings. The zero-order chi connectivity index (χ0) is 12.0. The van der Waals surface area contributed by atoms with Crippen LogP contribution < -0.4 is 5.73 Å². The van der Waals surface area contributed by atoms with Crippen molar-refractivity contribution in [3.8, 4) is 0 Å². The highest BCUT2D eigenvalue weighted by molar-refractivity contribution is 4.82. The Balaban J connectivity index is 2.31. The van der Waals surface area contributed by atoms with Crippen molar-refractivity contribution in [1.82, 2.24) is 9.80 Å². The smallest absolute Gasteiger partial charge is 0.0109 e. The molecule has 3 heteroatoms. The number of nitrogens with zero attached hydrogens (tertiary/aromatic N) is 2. The molecule has 0 amide bonds. The second kappa shape index (κ2) is 7.25. The highest BCUT2D eigenvalue weighted by Gasteiger charge is 2.25. The fourth-order valence-electron chi connectivity index (χ4n) is 2.58. The van der Waals surface area contributed by atoms with E-state index in [1.165, 1.54) is 45.3 Å². The van der Waals surface area contributed by atoms with Gasteiger partial charge in [0.25, 0.3) is 0 Å². The topological polar surface area (TPSA) is 32.5 Å². The van der Waals surface area contributed by atoms with E-state index in [9.17, 15) is 0 Å². The fraction of sp³-hybridized carbons (Fsp3) is 1.00. The second-order valence-electron chi connectivity index (χ2n) is 5.46. The minimum Gasteiger partial charge on any atom is -0.327 e. The van der Waals surface area contributed by atoms with Gasteiger partial charge in [0, 0.05) is 25.7 Å². The van der Waals surface area contributed by atoms with Crippen LogP contribution in [0.1, 0.15) is 32.6 Å². The first-order valence-corrected chi connectivity index (χ1v) is 6.76. The lowest BCUT2D eigenvalue weighted by Gasteiger charge is -2.28. The summed E-state index contributed by atoms with van der Waals surface area (Å²) in [6.07, 6.45) is 5.15. The van der Waals surface area contributed by atoms with Gasteiger partial charge in [-0.25, -0.2) is 0 Å². The minimum atomic E-state index is 0.457. The summed E-state index contributed by atoms with van der Waals surface area (Å²) in [6.45, 7) is 7.03. The molecule has 0 aromatic heterocycles. The van der Waals surface area contributed by atoms with E-state index < -0.39 is 0 Å². The molecule has 0 bridgehead atoms. The van der Waals surface area contributed by atoms with Crippen molar-refractivity contribution in [2.45, 2.75) is 38.6 Å². The molecular formula is C13H29N3. The summed E-state index contributed by atoms with van der Waals surface area (Å²) in [6, 6.07) is 0.457. The van der Waals surface area contributed by atoms with E-state index in [1.807, 2.05) is 0 Å². The quantitative estimate of drug-likeness (QED) is 0.713. The van der Waals surface area contributed by atoms with Gasteiger partial charge >= 0.3 is 0 Å². The fourth-order valence-corrected chi connectivity index (χ4v) is 2.58. The van der Waals surface area contributed by atoms with E-state index in [0.717, 1.165) is 12.5 Å².